The molecule has 0 bridgehead atoms. The highest BCUT2D eigenvalue weighted by Crippen LogP contribution is 2.33. The highest BCUT2D eigenvalue weighted by atomic mass is 19.1. The van der Waals surface area contributed by atoms with Gasteiger partial charge in [-0.15, -0.1) is 0 Å². The van der Waals surface area contributed by atoms with Crippen LogP contribution in [0.3, 0.4) is 0 Å². The van der Waals surface area contributed by atoms with Gasteiger partial charge in [0.05, 0.1) is 0 Å². The molecular formula is C16H17FN2. The van der Waals surface area contributed by atoms with Crippen molar-refractivity contribution in [2.24, 2.45) is 0 Å². The first kappa shape index (κ1) is 12.0. The number of aryl methyl sites for hydroxylation is 1. The zero-order chi connectivity index (χ0) is 13.4. The lowest BCUT2D eigenvalue weighted by molar-refractivity contribution is 0.624. The smallest absolute Gasteiger partial charge is 0.123 e. The molecule has 0 spiro atoms. The van der Waals surface area contributed by atoms with Gasteiger partial charge in [-0.1, -0.05) is 12.1 Å². The molecule has 0 radical (unpaired) electrons. The third-order valence-corrected chi connectivity index (χ3v) is 3.83. The van der Waals surface area contributed by atoms with Gasteiger partial charge in [0.1, 0.15) is 5.82 Å². The fraction of sp³-hybridized carbons (Fsp3) is 0.250. The molecule has 0 aromatic heterocycles. The predicted molar refractivity (Wildman–Crippen MR) is 76.7 cm³/mol. The van der Waals surface area contributed by atoms with Crippen LogP contribution in [-0.4, -0.2) is 6.54 Å². The number of nitrogens with zero attached hydrogens (tertiary/aromatic N) is 1. The molecule has 1 aliphatic heterocycles. The van der Waals surface area contributed by atoms with E-state index < -0.39 is 0 Å². The van der Waals surface area contributed by atoms with Crippen molar-refractivity contribution in [3.8, 4) is 0 Å². The summed E-state index contributed by atoms with van der Waals surface area (Å²) in [6.45, 7) is 3.70. The first-order valence-electron chi connectivity index (χ1n) is 6.52. The number of nitrogen functional groups attached to an aromatic ring is 1. The number of benzene rings is 2. The number of fused-ring (bicyclic) bond motifs is 1. The normalized spacial score (nSPS) is 13.7. The molecule has 3 rings (SSSR count). The van der Waals surface area contributed by atoms with Crippen LogP contribution in [0.15, 0.2) is 36.4 Å². The summed E-state index contributed by atoms with van der Waals surface area (Å²) in [4.78, 5) is 2.27. The van der Waals surface area contributed by atoms with Crippen LogP contribution in [0.5, 0.6) is 0 Å². The van der Waals surface area contributed by atoms with Crippen LogP contribution in [0.1, 0.15) is 16.7 Å². The molecule has 2 N–H and O–H groups in total. The molecule has 0 aliphatic carbocycles. The minimum absolute atomic E-state index is 0.174. The summed E-state index contributed by atoms with van der Waals surface area (Å²) in [6, 6.07) is 11.0. The second kappa shape index (κ2) is 4.57. The lowest BCUT2D eigenvalue weighted by Crippen LogP contribution is -2.20. The van der Waals surface area contributed by atoms with Crippen LogP contribution in [-0.2, 0) is 13.0 Å². The zero-order valence-electron chi connectivity index (χ0n) is 11.0. The molecule has 98 valence electrons. The Bertz CT molecular complexity index is 622. The van der Waals surface area contributed by atoms with E-state index in [4.69, 9.17) is 5.73 Å². The van der Waals surface area contributed by atoms with Crippen LogP contribution in [0.4, 0.5) is 15.8 Å². The van der Waals surface area contributed by atoms with E-state index in [-0.39, 0.29) is 5.82 Å². The van der Waals surface area contributed by atoms with E-state index in [9.17, 15) is 4.39 Å². The summed E-state index contributed by atoms with van der Waals surface area (Å²) in [5.41, 5.74) is 11.4. The fourth-order valence-electron chi connectivity index (χ4n) is 2.71. The van der Waals surface area contributed by atoms with Crippen molar-refractivity contribution in [2.45, 2.75) is 19.9 Å². The number of rotatable bonds is 2. The van der Waals surface area contributed by atoms with E-state index in [1.54, 1.807) is 6.07 Å². The van der Waals surface area contributed by atoms with Crippen LogP contribution in [0.2, 0.25) is 0 Å². The Morgan fingerprint density at radius 3 is 2.95 bits per heavy atom. The first-order valence-corrected chi connectivity index (χ1v) is 6.52. The quantitative estimate of drug-likeness (QED) is 0.835. The lowest BCUT2D eigenvalue weighted by Gasteiger charge is -2.21. The maximum Gasteiger partial charge on any atom is 0.123 e. The van der Waals surface area contributed by atoms with Crippen molar-refractivity contribution in [2.75, 3.05) is 17.2 Å². The molecule has 0 amide bonds. The van der Waals surface area contributed by atoms with Crippen LogP contribution >= 0.6 is 0 Å². The Morgan fingerprint density at radius 1 is 1.26 bits per heavy atom. The fourth-order valence-corrected chi connectivity index (χ4v) is 2.71. The molecule has 2 aromatic carbocycles. The largest absolute Gasteiger partial charge is 0.398 e. The minimum Gasteiger partial charge on any atom is -0.398 e. The van der Waals surface area contributed by atoms with E-state index in [0.29, 0.717) is 0 Å². The second-order valence-electron chi connectivity index (χ2n) is 5.09. The number of hydrogen-bond donors (Lipinski definition) is 1. The van der Waals surface area contributed by atoms with Crippen molar-refractivity contribution in [1.82, 2.24) is 0 Å². The zero-order valence-corrected chi connectivity index (χ0v) is 11.0. The topological polar surface area (TPSA) is 29.3 Å². The SMILES string of the molecule is Cc1ccc(F)cc1CN1CCc2c(N)cccc21. The minimum atomic E-state index is -0.174. The Labute approximate surface area is 112 Å². The second-order valence-corrected chi connectivity index (χ2v) is 5.09. The van der Waals surface area contributed by atoms with Gasteiger partial charge in [0, 0.05) is 30.0 Å². The number of anilines is 2. The van der Waals surface area contributed by atoms with Gasteiger partial charge in [-0.05, 0) is 48.7 Å². The van der Waals surface area contributed by atoms with E-state index in [2.05, 4.69) is 11.0 Å². The summed E-state index contributed by atoms with van der Waals surface area (Å²) in [5, 5.41) is 0. The van der Waals surface area contributed by atoms with E-state index >= 15 is 0 Å². The van der Waals surface area contributed by atoms with Gasteiger partial charge in [-0.25, -0.2) is 4.39 Å². The van der Waals surface area contributed by atoms with Crippen LogP contribution in [0, 0.1) is 12.7 Å². The summed E-state index contributed by atoms with van der Waals surface area (Å²) in [5.74, 6) is -0.174. The Hall–Kier alpha value is -2.03. The van der Waals surface area contributed by atoms with Gasteiger partial charge in [0.2, 0.25) is 0 Å². The molecule has 0 unspecified atom stereocenters. The molecule has 19 heavy (non-hydrogen) atoms. The summed E-state index contributed by atoms with van der Waals surface area (Å²) in [6.07, 6.45) is 0.969. The number of halogens is 1. The average molecular weight is 256 g/mol. The molecule has 0 saturated heterocycles. The monoisotopic (exact) mass is 256 g/mol. The Morgan fingerprint density at radius 2 is 2.11 bits per heavy atom. The van der Waals surface area contributed by atoms with Crippen molar-refractivity contribution in [3.05, 3.63) is 58.9 Å². The summed E-state index contributed by atoms with van der Waals surface area (Å²) < 4.78 is 13.3. The summed E-state index contributed by atoms with van der Waals surface area (Å²) >= 11 is 0. The maximum absolute atomic E-state index is 13.3. The van der Waals surface area contributed by atoms with Gasteiger partial charge >= 0.3 is 0 Å². The van der Waals surface area contributed by atoms with Gasteiger partial charge in [0.25, 0.3) is 0 Å². The third kappa shape index (κ3) is 2.16. The van der Waals surface area contributed by atoms with Crippen molar-refractivity contribution in [3.63, 3.8) is 0 Å². The van der Waals surface area contributed by atoms with Gasteiger partial charge in [-0.3, -0.25) is 0 Å². The number of nitrogens with two attached hydrogens (primary N) is 1. The van der Waals surface area contributed by atoms with Crippen molar-refractivity contribution in [1.29, 1.82) is 0 Å². The number of hydrogen-bond acceptors (Lipinski definition) is 2. The van der Waals surface area contributed by atoms with Gasteiger partial charge in [-0.2, -0.15) is 0 Å². The molecule has 0 saturated carbocycles. The highest BCUT2D eigenvalue weighted by Gasteiger charge is 2.21. The van der Waals surface area contributed by atoms with Gasteiger partial charge in [0.15, 0.2) is 0 Å². The summed E-state index contributed by atoms with van der Waals surface area (Å²) in [7, 11) is 0. The van der Waals surface area contributed by atoms with Crippen LogP contribution in [0.25, 0.3) is 0 Å². The molecule has 0 atom stereocenters. The van der Waals surface area contributed by atoms with Crippen LogP contribution < -0.4 is 10.6 Å². The molecule has 3 heteroatoms. The Balaban J connectivity index is 1.91. The van der Waals surface area contributed by atoms with E-state index in [0.717, 1.165) is 36.3 Å². The predicted octanol–water partition coefficient (Wildman–Crippen LogP) is 3.28. The highest BCUT2D eigenvalue weighted by molar-refractivity contribution is 5.68. The molecule has 1 aliphatic rings. The van der Waals surface area contributed by atoms with Crippen molar-refractivity contribution >= 4 is 11.4 Å². The molecule has 2 aromatic rings. The Kier molecular flexibility index (Phi) is 2.90. The standard InChI is InChI=1S/C16H17FN2/c1-11-5-6-13(17)9-12(11)10-19-8-7-14-15(18)3-2-4-16(14)19/h2-6,9H,7-8,10,18H2,1H3. The van der Waals surface area contributed by atoms with E-state index in [1.807, 2.05) is 25.1 Å². The van der Waals surface area contributed by atoms with E-state index in [1.165, 1.54) is 17.3 Å². The average Bonchev–Trinajstić information content (AvgIpc) is 2.79. The lowest BCUT2D eigenvalue weighted by atomic mass is 10.1. The molecule has 1 heterocycles. The maximum atomic E-state index is 13.3. The molecule has 0 fully saturated rings. The molecular weight excluding hydrogens is 239 g/mol. The first-order chi connectivity index (χ1) is 9.15. The van der Waals surface area contributed by atoms with Gasteiger partial charge < -0.3 is 10.6 Å². The third-order valence-electron chi connectivity index (χ3n) is 3.83. The molecule has 2 nitrogen and oxygen atoms in total. The van der Waals surface area contributed by atoms with Crippen molar-refractivity contribution < 1.29 is 4.39 Å².